The number of anilines is 1. The zero-order chi connectivity index (χ0) is 20.1. The Hall–Kier alpha value is -3.67. The highest BCUT2D eigenvalue weighted by atomic mass is 19.1. The van der Waals surface area contributed by atoms with E-state index in [0.29, 0.717) is 24.1 Å². The molecular weight excluding hydrogens is 369 g/mol. The van der Waals surface area contributed by atoms with Gasteiger partial charge in [0.1, 0.15) is 17.6 Å². The lowest BCUT2D eigenvalue weighted by Gasteiger charge is -2.19. The number of hydrogen-bond acceptors (Lipinski definition) is 5. The molecule has 29 heavy (non-hydrogen) atoms. The Balaban J connectivity index is 1.72. The molecule has 0 aliphatic carbocycles. The summed E-state index contributed by atoms with van der Waals surface area (Å²) in [5.41, 5.74) is 2.41. The zero-order valence-electron chi connectivity index (χ0n) is 15.9. The van der Waals surface area contributed by atoms with Gasteiger partial charge in [-0.05, 0) is 48.9 Å². The van der Waals surface area contributed by atoms with Crippen molar-refractivity contribution in [1.29, 1.82) is 0 Å². The number of nitrogens with zero attached hydrogens (tertiary/aromatic N) is 2. The molecule has 3 aromatic carbocycles. The van der Waals surface area contributed by atoms with Gasteiger partial charge in [-0.3, -0.25) is 0 Å². The Morgan fingerprint density at radius 3 is 2.41 bits per heavy atom. The first-order valence-corrected chi connectivity index (χ1v) is 9.37. The Kier molecular flexibility index (Phi) is 5.52. The maximum atomic E-state index is 13.5. The molecule has 0 amide bonds. The van der Waals surface area contributed by atoms with E-state index in [-0.39, 0.29) is 5.82 Å². The number of para-hydroxylation sites is 2. The third-order valence-electron chi connectivity index (χ3n) is 4.40. The fourth-order valence-corrected chi connectivity index (χ4v) is 3.01. The molecule has 0 saturated heterocycles. The van der Waals surface area contributed by atoms with E-state index in [1.807, 2.05) is 61.5 Å². The summed E-state index contributed by atoms with van der Waals surface area (Å²) in [6, 6.07) is 22.9. The minimum absolute atomic E-state index is 0.308. The molecule has 4 rings (SSSR count). The van der Waals surface area contributed by atoms with Gasteiger partial charge in [0.25, 0.3) is 0 Å². The predicted molar refractivity (Wildman–Crippen MR) is 109 cm³/mol. The molecule has 0 bridgehead atoms. The average molecular weight is 389 g/mol. The normalized spacial score (nSPS) is 11.8. The summed E-state index contributed by atoms with van der Waals surface area (Å²) >= 11 is 0. The summed E-state index contributed by atoms with van der Waals surface area (Å²) in [6.07, 6.45) is 0. The van der Waals surface area contributed by atoms with Crippen LogP contribution in [0.1, 0.15) is 24.4 Å². The SMILES string of the molecule is CCOc1ccccc1N[C@H](c1ccc(F)cc1)c1nnc(-c2ccccc2)o1. The van der Waals surface area contributed by atoms with Gasteiger partial charge in [-0.1, -0.05) is 42.5 Å². The molecule has 0 aliphatic rings. The van der Waals surface area contributed by atoms with Crippen LogP contribution in [0.3, 0.4) is 0 Å². The van der Waals surface area contributed by atoms with Crippen molar-refractivity contribution in [2.75, 3.05) is 11.9 Å². The van der Waals surface area contributed by atoms with Crippen molar-refractivity contribution in [3.63, 3.8) is 0 Å². The summed E-state index contributed by atoms with van der Waals surface area (Å²) in [7, 11) is 0. The van der Waals surface area contributed by atoms with E-state index in [1.165, 1.54) is 12.1 Å². The van der Waals surface area contributed by atoms with Crippen molar-refractivity contribution in [3.05, 3.63) is 96.1 Å². The van der Waals surface area contributed by atoms with Crippen LogP contribution >= 0.6 is 0 Å². The number of aromatic nitrogens is 2. The summed E-state index contributed by atoms with van der Waals surface area (Å²) in [4.78, 5) is 0. The molecule has 0 unspecified atom stereocenters. The Morgan fingerprint density at radius 2 is 1.66 bits per heavy atom. The minimum Gasteiger partial charge on any atom is -0.492 e. The van der Waals surface area contributed by atoms with Crippen LogP contribution in [-0.2, 0) is 0 Å². The van der Waals surface area contributed by atoms with Gasteiger partial charge in [0, 0.05) is 5.56 Å². The first kappa shape index (κ1) is 18.7. The second-order valence-corrected chi connectivity index (χ2v) is 6.37. The minimum atomic E-state index is -0.470. The molecule has 146 valence electrons. The average Bonchev–Trinajstić information content (AvgIpc) is 3.25. The fraction of sp³-hybridized carbons (Fsp3) is 0.130. The van der Waals surface area contributed by atoms with E-state index in [1.54, 1.807) is 12.1 Å². The molecule has 0 spiro atoms. The van der Waals surface area contributed by atoms with Gasteiger partial charge in [0.15, 0.2) is 0 Å². The standard InChI is InChI=1S/C23H20FN3O2/c1-2-28-20-11-7-6-10-19(20)25-21(16-12-14-18(24)15-13-16)23-27-26-22(29-23)17-8-4-3-5-9-17/h3-15,21,25H,2H2,1H3/t21-/m1/s1. The van der Waals surface area contributed by atoms with Crippen molar-refractivity contribution in [3.8, 4) is 17.2 Å². The quantitative estimate of drug-likeness (QED) is 0.454. The Bertz CT molecular complexity index is 1060. The van der Waals surface area contributed by atoms with Gasteiger partial charge in [0.2, 0.25) is 11.8 Å². The molecule has 0 aliphatic heterocycles. The molecule has 6 heteroatoms. The van der Waals surface area contributed by atoms with Gasteiger partial charge in [-0.15, -0.1) is 10.2 Å². The van der Waals surface area contributed by atoms with Crippen molar-refractivity contribution in [2.24, 2.45) is 0 Å². The van der Waals surface area contributed by atoms with E-state index >= 15 is 0 Å². The van der Waals surface area contributed by atoms with Crippen molar-refractivity contribution in [2.45, 2.75) is 13.0 Å². The van der Waals surface area contributed by atoms with Crippen molar-refractivity contribution < 1.29 is 13.5 Å². The highest BCUT2D eigenvalue weighted by Gasteiger charge is 2.23. The third kappa shape index (κ3) is 4.27. The molecule has 1 heterocycles. The number of rotatable bonds is 7. The lowest BCUT2D eigenvalue weighted by atomic mass is 10.1. The summed E-state index contributed by atoms with van der Waals surface area (Å²) in [6.45, 7) is 2.47. The molecule has 5 nitrogen and oxygen atoms in total. The Morgan fingerprint density at radius 1 is 0.931 bits per heavy atom. The highest BCUT2D eigenvalue weighted by molar-refractivity contribution is 5.58. The fourth-order valence-electron chi connectivity index (χ4n) is 3.01. The molecular formula is C23H20FN3O2. The number of ether oxygens (including phenoxy) is 1. The van der Waals surface area contributed by atoms with Crippen LogP contribution in [0.4, 0.5) is 10.1 Å². The maximum absolute atomic E-state index is 13.5. The molecule has 1 atom stereocenters. The predicted octanol–water partition coefficient (Wildman–Crippen LogP) is 5.48. The van der Waals surface area contributed by atoms with Gasteiger partial charge in [0.05, 0.1) is 12.3 Å². The van der Waals surface area contributed by atoms with E-state index in [9.17, 15) is 4.39 Å². The second kappa shape index (κ2) is 8.56. The van der Waals surface area contributed by atoms with Crippen LogP contribution in [0.25, 0.3) is 11.5 Å². The maximum Gasteiger partial charge on any atom is 0.247 e. The van der Waals surface area contributed by atoms with Crippen LogP contribution < -0.4 is 10.1 Å². The summed E-state index contributed by atoms with van der Waals surface area (Å²) in [5, 5.41) is 11.8. The molecule has 0 saturated carbocycles. The molecule has 1 aromatic heterocycles. The smallest absolute Gasteiger partial charge is 0.247 e. The monoisotopic (exact) mass is 389 g/mol. The molecule has 0 radical (unpaired) electrons. The summed E-state index contributed by atoms with van der Waals surface area (Å²) in [5.74, 6) is 1.21. The lowest BCUT2D eigenvalue weighted by Crippen LogP contribution is -2.14. The first-order valence-electron chi connectivity index (χ1n) is 9.37. The zero-order valence-corrected chi connectivity index (χ0v) is 15.9. The first-order chi connectivity index (χ1) is 14.2. The third-order valence-corrected chi connectivity index (χ3v) is 4.40. The number of halogens is 1. The van der Waals surface area contributed by atoms with Crippen LogP contribution in [0.15, 0.2) is 83.3 Å². The van der Waals surface area contributed by atoms with E-state index < -0.39 is 6.04 Å². The second-order valence-electron chi connectivity index (χ2n) is 6.37. The van der Waals surface area contributed by atoms with Gasteiger partial charge in [-0.2, -0.15) is 0 Å². The van der Waals surface area contributed by atoms with Crippen LogP contribution in [0, 0.1) is 5.82 Å². The van der Waals surface area contributed by atoms with Gasteiger partial charge < -0.3 is 14.5 Å². The summed E-state index contributed by atoms with van der Waals surface area (Å²) < 4.78 is 25.2. The number of nitrogens with one attached hydrogen (secondary N) is 1. The number of hydrogen-bond donors (Lipinski definition) is 1. The molecule has 1 N–H and O–H groups in total. The van der Waals surface area contributed by atoms with Gasteiger partial charge >= 0.3 is 0 Å². The lowest BCUT2D eigenvalue weighted by molar-refractivity contribution is 0.341. The molecule has 4 aromatic rings. The van der Waals surface area contributed by atoms with Crippen molar-refractivity contribution in [1.82, 2.24) is 10.2 Å². The van der Waals surface area contributed by atoms with Gasteiger partial charge in [-0.25, -0.2) is 4.39 Å². The topological polar surface area (TPSA) is 60.2 Å². The van der Waals surface area contributed by atoms with E-state index in [4.69, 9.17) is 9.15 Å². The van der Waals surface area contributed by atoms with Crippen LogP contribution in [0.2, 0.25) is 0 Å². The molecule has 0 fully saturated rings. The van der Waals surface area contributed by atoms with E-state index in [2.05, 4.69) is 15.5 Å². The van der Waals surface area contributed by atoms with E-state index in [0.717, 1.165) is 16.8 Å². The highest BCUT2D eigenvalue weighted by Crippen LogP contribution is 2.32. The van der Waals surface area contributed by atoms with Crippen LogP contribution in [-0.4, -0.2) is 16.8 Å². The number of benzene rings is 3. The Labute approximate surface area is 168 Å². The largest absolute Gasteiger partial charge is 0.492 e. The van der Waals surface area contributed by atoms with Crippen LogP contribution in [0.5, 0.6) is 5.75 Å². The van der Waals surface area contributed by atoms with Crippen molar-refractivity contribution >= 4 is 5.69 Å².